The minimum absolute atomic E-state index is 0.116. The fourth-order valence-corrected chi connectivity index (χ4v) is 3.88. The molecule has 2 atom stereocenters. The topological polar surface area (TPSA) is 61.4 Å². The number of urea groups is 1. The maximum absolute atomic E-state index is 12.0. The summed E-state index contributed by atoms with van der Waals surface area (Å²) in [5, 5.41) is 5.26. The molecular weight excluding hydrogens is 218 g/mol. The van der Waals surface area contributed by atoms with Crippen molar-refractivity contribution in [2.75, 3.05) is 6.54 Å². The van der Waals surface area contributed by atoms with Gasteiger partial charge in [-0.15, -0.1) is 0 Å². The van der Waals surface area contributed by atoms with Crippen LogP contribution in [0.3, 0.4) is 0 Å². The molecule has 3 heterocycles. The van der Waals surface area contributed by atoms with Crippen molar-refractivity contribution in [2.45, 2.75) is 56.7 Å². The van der Waals surface area contributed by atoms with Gasteiger partial charge in [-0.25, -0.2) is 4.79 Å². The Kier molecular flexibility index (Phi) is 2.40. The van der Waals surface area contributed by atoms with Gasteiger partial charge in [0.05, 0.1) is 0 Å². The first-order chi connectivity index (χ1) is 8.14. The molecular formula is C12H19N3O2. The van der Waals surface area contributed by atoms with Gasteiger partial charge in [-0.2, -0.15) is 0 Å². The number of fused-ring (bicyclic) bond motifs is 2. The fourth-order valence-electron chi connectivity index (χ4n) is 3.88. The zero-order chi connectivity index (χ0) is 12.0. The molecule has 0 saturated carbocycles. The van der Waals surface area contributed by atoms with E-state index in [2.05, 4.69) is 22.5 Å². The molecule has 0 radical (unpaired) electrons. The molecule has 3 aliphatic heterocycles. The Balaban J connectivity index is 1.87. The highest BCUT2D eigenvalue weighted by atomic mass is 16.2. The van der Waals surface area contributed by atoms with E-state index < -0.39 is 5.54 Å². The summed E-state index contributed by atoms with van der Waals surface area (Å²) in [6.07, 6.45) is 5.09. The Bertz CT molecular complexity index is 355. The smallest absolute Gasteiger partial charge is 0.322 e. The summed E-state index contributed by atoms with van der Waals surface area (Å²) in [4.78, 5) is 25.8. The Labute approximate surface area is 101 Å². The van der Waals surface area contributed by atoms with Crippen LogP contribution >= 0.6 is 0 Å². The summed E-state index contributed by atoms with van der Waals surface area (Å²) in [7, 11) is 0. The van der Waals surface area contributed by atoms with Crippen LogP contribution in [0.15, 0.2) is 0 Å². The molecule has 3 amide bonds. The summed E-state index contributed by atoms with van der Waals surface area (Å²) in [6, 6.07) is 0.589. The van der Waals surface area contributed by atoms with E-state index in [0.29, 0.717) is 12.1 Å². The summed E-state index contributed by atoms with van der Waals surface area (Å²) < 4.78 is 0. The van der Waals surface area contributed by atoms with Crippen LogP contribution in [-0.2, 0) is 4.79 Å². The van der Waals surface area contributed by atoms with Crippen molar-refractivity contribution < 1.29 is 9.59 Å². The highest BCUT2D eigenvalue weighted by molar-refractivity contribution is 6.07. The van der Waals surface area contributed by atoms with Crippen molar-refractivity contribution >= 4 is 11.9 Å². The van der Waals surface area contributed by atoms with Crippen LogP contribution in [0.2, 0.25) is 0 Å². The van der Waals surface area contributed by atoms with E-state index >= 15 is 0 Å². The molecule has 94 valence electrons. The lowest BCUT2D eigenvalue weighted by molar-refractivity contribution is -0.128. The van der Waals surface area contributed by atoms with Gasteiger partial charge in [0.25, 0.3) is 5.91 Å². The van der Waals surface area contributed by atoms with Gasteiger partial charge in [0, 0.05) is 12.1 Å². The monoisotopic (exact) mass is 237 g/mol. The summed E-state index contributed by atoms with van der Waals surface area (Å²) >= 11 is 0. The second-order valence-corrected chi connectivity index (χ2v) is 5.47. The van der Waals surface area contributed by atoms with Gasteiger partial charge in [0.2, 0.25) is 0 Å². The van der Waals surface area contributed by atoms with Gasteiger partial charge in [-0.1, -0.05) is 13.3 Å². The Morgan fingerprint density at radius 3 is 2.41 bits per heavy atom. The molecule has 0 aromatic carbocycles. The molecule has 0 aliphatic carbocycles. The fraction of sp³-hybridized carbons (Fsp3) is 0.833. The highest BCUT2D eigenvalue weighted by Gasteiger charge is 2.54. The maximum atomic E-state index is 12.0. The Morgan fingerprint density at radius 1 is 1.29 bits per heavy atom. The normalized spacial score (nSPS) is 41.5. The van der Waals surface area contributed by atoms with Crippen molar-refractivity contribution in [2.24, 2.45) is 0 Å². The SMILES string of the molecule is CCN1[C@@H]2CCC[C@@H]1CC1(C2)NC(=O)NC1=O. The number of carbonyl (C=O) groups excluding carboxylic acids is 2. The Hall–Kier alpha value is -1.10. The zero-order valence-electron chi connectivity index (χ0n) is 10.2. The molecule has 2 bridgehead atoms. The van der Waals surface area contributed by atoms with Gasteiger partial charge in [-0.3, -0.25) is 15.0 Å². The van der Waals surface area contributed by atoms with Crippen LogP contribution in [-0.4, -0.2) is 41.0 Å². The second-order valence-electron chi connectivity index (χ2n) is 5.47. The predicted molar refractivity (Wildman–Crippen MR) is 62.4 cm³/mol. The third-order valence-corrected chi connectivity index (χ3v) is 4.56. The lowest BCUT2D eigenvalue weighted by atomic mass is 9.73. The number of carbonyl (C=O) groups is 2. The standard InChI is InChI=1S/C12H19N3O2/c1-2-15-8-4-3-5-9(15)7-12(6-8)10(16)13-11(17)14-12/h8-9H,2-7H2,1H3,(H2,13,14,16,17)/t8-,9-/m1/s1. The van der Waals surface area contributed by atoms with Gasteiger partial charge < -0.3 is 5.32 Å². The lowest BCUT2D eigenvalue weighted by Crippen LogP contribution is -2.63. The number of hydrogen-bond acceptors (Lipinski definition) is 3. The molecule has 3 fully saturated rings. The van der Waals surface area contributed by atoms with Crippen LogP contribution in [0.25, 0.3) is 0 Å². The van der Waals surface area contributed by atoms with Crippen molar-refractivity contribution in [3.63, 3.8) is 0 Å². The molecule has 5 nitrogen and oxygen atoms in total. The third kappa shape index (κ3) is 1.56. The van der Waals surface area contributed by atoms with Crippen LogP contribution in [0.5, 0.6) is 0 Å². The average molecular weight is 237 g/mol. The van der Waals surface area contributed by atoms with Gasteiger partial charge in [0.15, 0.2) is 0 Å². The molecule has 0 aromatic rings. The largest absolute Gasteiger partial charge is 0.323 e. The van der Waals surface area contributed by atoms with E-state index in [1.807, 2.05) is 0 Å². The number of hydrogen-bond donors (Lipinski definition) is 2. The first-order valence-corrected chi connectivity index (χ1v) is 6.54. The van der Waals surface area contributed by atoms with Crippen LogP contribution in [0.1, 0.15) is 39.0 Å². The van der Waals surface area contributed by atoms with Crippen molar-refractivity contribution in [3.05, 3.63) is 0 Å². The van der Waals surface area contributed by atoms with E-state index in [4.69, 9.17) is 0 Å². The molecule has 0 unspecified atom stereocenters. The minimum Gasteiger partial charge on any atom is -0.323 e. The first kappa shape index (κ1) is 11.0. The van der Waals surface area contributed by atoms with Crippen molar-refractivity contribution in [3.8, 4) is 0 Å². The van der Waals surface area contributed by atoms with Gasteiger partial charge in [0.1, 0.15) is 5.54 Å². The minimum atomic E-state index is -0.613. The van der Waals surface area contributed by atoms with E-state index in [0.717, 1.165) is 32.2 Å². The third-order valence-electron chi connectivity index (χ3n) is 4.56. The molecule has 5 heteroatoms. The van der Waals surface area contributed by atoms with Crippen LogP contribution in [0.4, 0.5) is 4.79 Å². The molecule has 0 aromatic heterocycles. The number of nitrogens with zero attached hydrogens (tertiary/aromatic N) is 1. The molecule has 17 heavy (non-hydrogen) atoms. The maximum Gasteiger partial charge on any atom is 0.322 e. The predicted octanol–water partition coefficient (Wildman–Crippen LogP) is 0.601. The summed E-state index contributed by atoms with van der Waals surface area (Å²) in [6.45, 7) is 3.22. The summed E-state index contributed by atoms with van der Waals surface area (Å²) in [5.74, 6) is -0.116. The molecule has 3 rings (SSSR count). The highest BCUT2D eigenvalue weighted by Crippen LogP contribution is 2.40. The molecule has 3 saturated heterocycles. The Morgan fingerprint density at radius 2 is 1.94 bits per heavy atom. The first-order valence-electron chi connectivity index (χ1n) is 6.54. The van der Waals surface area contributed by atoms with E-state index in [-0.39, 0.29) is 11.9 Å². The van der Waals surface area contributed by atoms with Crippen LogP contribution in [0, 0.1) is 0 Å². The van der Waals surface area contributed by atoms with E-state index in [1.165, 1.54) is 6.42 Å². The second kappa shape index (κ2) is 3.70. The summed E-state index contributed by atoms with van der Waals surface area (Å²) in [5.41, 5.74) is -0.613. The molecule has 2 N–H and O–H groups in total. The number of nitrogens with one attached hydrogen (secondary N) is 2. The number of amides is 3. The zero-order valence-corrected chi connectivity index (χ0v) is 10.2. The number of piperidine rings is 2. The van der Waals surface area contributed by atoms with Crippen molar-refractivity contribution in [1.29, 1.82) is 0 Å². The molecule has 1 spiro atoms. The quantitative estimate of drug-likeness (QED) is 0.657. The average Bonchev–Trinajstić information content (AvgIpc) is 2.52. The van der Waals surface area contributed by atoms with E-state index in [9.17, 15) is 9.59 Å². The van der Waals surface area contributed by atoms with Gasteiger partial charge in [-0.05, 0) is 32.2 Å². The van der Waals surface area contributed by atoms with Crippen LogP contribution < -0.4 is 10.6 Å². The van der Waals surface area contributed by atoms with Gasteiger partial charge >= 0.3 is 6.03 Å². The van der Waals surface area contributed by atoms with Crippen molar-refractivity contribution in [1.82, 2.24) is 15.5 Å². The van der Waals surface area contributed by atoms with E-state index in [1.54, 1.807) is 0 Å². The lowest BCUT2D eigenvalue weighted by Gasteiger charge is -2.51. The number of rotatable bonds is 1. The molecule has 3 aliphatic rings. The number of imide groups is 1.